The highest BCUT2D eigenvalue weighted by atomic mass is 31.2. The second-order valence-electron chi connectivity index (χ2n) is 32.2. The van der Waals surface area contributed by atoms with Crippen LogP contribution in [0.2, 0.25) is 0 Å². The highest BCUT2D eigenvalue weighted by Crippen LogP contribution is 2.45. The number of aliphatic hydroxyl groups excluding tert-OH is 1. The Kier molecular flexibility index (Phi) is 75.6. The van der Waals surface area contributed by atoms with Gasteiger partial charge < -0.3 is 33.8 Å². The largest absolute Gasteiger partial charge is 0.472 e. The molecule has 0 fully saturated rings. The molecular formula is C87H170O17P2. The van der Waals surface area contributed by atoms with E-state index < -0.39 is 97.5 Å². The summed E-state index contributed by atoms with van der Waals surface area (Å²) in [5.74, 6) is 0.319. The number of hydrogen-bond donors (Lipinski definition) is 3. The SMILES string of the molecule is CCCCCCCCCCCCCCCCCCCCCC(=O)O[C@H](COC(=O)CCCCCCCCCCCCCCCCC(C)CC)COP(=O)(O)OC[C@@H](O)COP(=O)(O)OC[C@@H](COC(=O)CCCCCCCCCCC(C)C)OC(=O)CCCCCCCCCCCCCCCCC(C)CC. The van der Waals surface area contributed by atoms with E-state index >= 15 is 0 Å². The predicted molar refractivity (Wildman–Crippen MR) is 437 cm³/mol. The lowest BCUT2D eigenvalue weighted by Gasteiger charge is -2.21. The van der Waals surface area contributed by atoms with Crippen LogP contribution in [0.3, 0.4) is 0 Å². The van der Waals surface area contributed by atoms with Crippen molar-refractivity contribution in [2.75, 3.05) is 39.6 Å². The summed E-state index contributed by atoms with van der Waals surface area (Å²) in [7, 11) is -9.93. The summed E-state index contributed by atoms with van der Waals surface area (Å²) in [6, 6.07) is 0. The summed E-state index contributed by atoms with van der Waals surface area (Å²) in [5.41, 5.74) is 0. The van der Waals surface area contributed by atoms with Crippen molar-refractivity contribution in [3.8, 4) is 0 Å². The van der Waals surface area contributed by atoms with Gasteiger partial charge in [0, 0.05) is 25.7 Å². The first-order valence-electron chi connectivity index (χ1n) is 44.9. The number of ether oxygens (including phenoxy) is 4. The Morgan fingerprint density at radius 3 is 0.717 bits per heavy atom. The van der Waals surface area contributed by atoms with Crippen molar-refractivity contribution in [3.05, 3.63) is 0 Å². The molecule has 0 aliphatic rings. The van der Waals surface area contributed by atoms with Crippen molar-refractivity contribution in [2.24, 2.45) is 17.8 Å². The number of phosphoric acid groups is 2. The molecule has 0 aliphatic heterocycles. The van der Waals surface area contributed by atoms with Crippen LogP contribution in [0.1, 0.15) is 459 Å². The van der Waals surface area contributed by atoms with Crippen molar-refractivity contribution in [1.29, 1.82) is 0 Å². The number of hydrogen-bond acceptors (Lipinski definition) is 15. The summed E-state index contributed by atoms with van der Waals surface area (Å²) in [4.78, 5) is 73.3. The minimum Gasteiger partial charge on any atom is -0.462 e. The fraction of sp³-hybridized carbons (Fsp3) is 0.954. The van der Waals surface area contributed by atoms with E-state index in [0.717, 1.165) is 108 Å². The maximum atomic E-state index is 13.2. The van der Waals surface area contributed by atoms with Gasteiger partial charge in [-0.1, -0.05) is 408 Å². The fourth-order valence-electron chi connectivity index (χ4n) is 13.5. The van der Waals surface area contributed by atoms with E-state index in [9.17, 15) is 43.2 Å². The van der Waals surface area contributed by atoms with Crippen LogP contribution in [-0.2, 0) is 65.4 Å². The third-order valence-corrected chi connectivity index (χ3v) is 23.0. The summed E-state index contributed by atoms with van der Waals surface area (Å²) < 4.78 is 69.0. The number of carbonyl (C=O) groups excluding carboxylic acids is 4. The normalized spacial score (nSPS) is 14.4. The molecule has 0 aromatic carbocycles. The lowest BCUT2D eigenvalue weighted by Crippen LogP contribution is -2.30. The first kappa shape index (κ1) is 104. The standard InChI is InChI=1S/C87H170O17P2/c1-8-11-12-13-14-15-16-17-18-19-20-21-22-30-35-40-49-56-63-70-86(91)103-82(74-97-84(89)68-61-54-47-39-34-29-25-23-27-32-37-45-52-59-66-79(6)9-2)76-101-105(93,94)99-72-81(88)73-100-106(95,96)102-77-83(75-98-85(90)69-62-55-48-43-42-44-51-58-65-78(4)5)104-87(92)71-64-57-50-41-36-31-26-24-28-33-38-46-53-60-67-80(7)10-3/h78-83,88H,8-77H2,1-7H3,(H,93,94)(H,95,96)/t79?,80?,81-,82-,83-/m1/s1. The Morgan fingerprint density at radius 2 is 0.481 bits per heavy atom. The van der Waals surface area contributed by atoms with E-state index in [1.54, 1.807) is 0 Å². The van der Waals surface area contributed by atoms with Crippen LogP contribution >= 0.6 is 15.6 Å². The smallest absolute Gasteiger partial charge is 0.462 e. The predicted octanol–water partition coefficient (Wildman–Crippen LogP) is 26.5. The number of unbranched alkanes of at least 4 members (excludes halogenated alkanes) is 51. The Morgan fingerprint density at radius 1 is 0.274 bits per heavy atom. The second kappa shape index (κ2) is 77.0. The number of rotatable bonds is 85. The Hall–Kier alpha value is -1.94. The van der Waals surface area contributed by atoms with Crippen molar-refractivity contribution < 1.29 is 80.2 Å². The van der Waals surface area contributed by atoms with Crippen LogP contribution in [0.25, 0.3) is 0 Å². The second-order valence-corrected chi connectivity index (χ2v) is 35.1. The molecule has 0 saturated heterocycles. The lowest BCUT2D eigenvalue weighted by molar-refractivity contribution is -0.161. The molecule has 7 atom stereocenters. The summed E-state index contributed by atoms with van der Waals surface area (Å²) in [5, 5.41) is 10.7. The Bertz CT molecular complexity index is 2050. The summed E-state index contributed by atoms with van der Waals surface area (Å²) in [6.45, 7) is 12.1. The molecule has 106 heavy (non-hydrogen) atoms. The van der Waals surface area contributed by atoms with Gasteiger partial charge in [-0.2, -0.15) is 0 Å². The van der Waals surface area contributed by atoms with Gasteiger partial charge in [0.25, 0.3) is 0 Å². The van der Waals surface area contributed by atoms with Crippen molar-refractivity contribution in [3.63, 3.8) is 0 Å². The summed E-state index contributed by atoms with van der Waals surface area (Å²) >= 11 is 0. The first-order chi connectivity index (χ1) is 51.3. The van der Waals surface area contributed by atoms with Crippen molar-refractivity contribution in [1.82, 2.24) is 0 Å². The minimum absolute atomic E-state index is 0.107. The first-order valence-corrected chi connectivity index (χ1v) is 47.9. The molecular weight excluding hydrogens is 1380 g/mol. The third-order valence-electron chi connectivity index (χ3n) is 21.1. The maximum Gasteiger partial charge on any atom is 0.472 e. The zero-order chi connectivity index (χ0) is 77.9. The molecule has 19 heteroatoms. The highest BCUT2D eigenvalue weighted by molar-refractivity contribution is 7.47. The van der Waals surface area contributed by atoms with Crippen LogP contribution in [0.5, 0.6) is 0 Å². The quantitative estimate of drug-likeness (QED) is 0.0222. The molecule has 3 N–H and O–H groups in total. The van der Waals surface area contributed by atoms with Crippen molar-refractivity contribution >= 4 is 39.5 Å². The van der Waals surface area contributed by atoms with Gasteiger partial charge in [-0.3, -0.25) is 37.3 Å². The average molecular weight is 1550 g/mol. The number of esters is 4. The zero-order valence-electron chi connectivity index (χ0n) is 69.9. The molecule has 0 bridgehead atoms. The van der Waals surface area contributed by atoms with Crippen LogP contribution in [0.15, 0.2) is 0 Å². The molecule has 0 radical (unpaired) electrons. The average Bonchev–Trinajstić information content (AvgIpc) is 0.904. The van der Waals surface area contributed by atoms with E-state index in [0.29, 0.717) is 25.7 Å². The molecule has 4 unspecified atom stereocenters. The third kappa shape index (κ3) is 77.4. The van der Waals surface area contributed by atoms with Gasteiger partial charge >= 0.3 is 39.5 Å². The molecule has 0 amide bonds. The molecule has 17 nitrogen and oxygen atoms in total. The van der Waals surface area contributed by atoms with Gasteiger partial charge in [0.2, 0.25) is 0 Å². The molecule has 0 aromatic rings. The van der Waals surface area contributed by atoms with E-state index in [4.69, 9.17) is 37.0 Å². The maximum absolute atomic E-state index is 13.2. The molecule has 0 aliphatic carbocycles. The van der Waals surface area contributed by atoms with Gasteiger partial charge in [0.05, 0.1) is 26.4 Å². The molecule has 0 aromatic heterocycles. The Labute approximate surface area is 651 Å². The summed E-state index contributed by atoms with van der Waals surface area (Å²) in [6.07, 6.45) is 67.9. The molecule has 0 saturated carbocycles. The zero-order valence-corrected chi connectivity index (χ0v) is 71.7. The van der Waals surface area contributed by atoms with Crippen LogP contribution in [-0.4, -0.2) is 96.7 Å². The van der Waals surface area contributed by atoms with Crippen molar-refractivity contribution in [2.45, 2.75) is 478 Å². The Balaban J connectivity index is 5.25. The topological polar surface area (TPSA) is 237 Å². The van der Waals surface area contributed by atoms with Gasteiger partial charge in [-0.05, 0) is 43.4 Å². The highest BCUT2D eigenvalue weighted by Gasteiger charge is 2.31. The number of aliphatic hydroxyl groups is 1. The van der Waals surface area contributed by atoms with Gasteiger partial charge in [-0.25, -0.2) is 9.13 Å². The van der Waals surface area contributed by atoms with E-state index in [-0.39, 0.29) is 25.7 Å². The van der Waals surface area contributed by atoms with E-state index in [1.165, 1.54) is 270 Å². The number of carbonyl (C=O) groups is 4. The van der Waals surface area contributed by atoms with Crippen LogP contribution in [0.4, 0.5) is 0 Å². The van der Waals surface area contributed by atoms with E-state index in [2.05, 4.69) is 48.5 Å². The molecule has 630 valence electrons. The van der Waals surface area contributed by atoms with E-state index in [1.807, 2.05) is 0 Å². The molecule has 0 heterocycles. The molecule has 0 spiro atoms. The van der Waals surface area contributed by atoms with Gasteiger partial charge in [0.1, 0.15) is 19.3 Å². The van der Waals surface area contributed by atoms with Crippen LogP contribution < -0.4 is 0 Å². The van der Waals surface area contributed by atoms with Gasteiger partial charge in [0.15, 0.2) is 12.2 Å². The number of phosphoric ester groups is 2. The van der Waals surface area contributed by atoms with Crippen LogP contribution in [0, 0.1) is 17.8 Å². The monoisotopic (exact) mass is 1550 g/mol. The lowest BCUT2D eigenvalue weighted by atomic mass is 9.99. The molecule has 0 rings (SSSR count). The fourth-order valence-corrected chi connectivity index (χ4v) is 15.1. The minimum atomic E-state index is -4.97. The van der Waals surface area contributed by atoms with Gasteiger partial charge in [-0.15, -0.1) is 0 Å².